The molecule has 1 amide bonds. The number of nitriles is 1. The lowest BCUT2D eigenvalue weighted by molar-refractivity contribution is -0.139. The van der Waals surface area contributed by atoms with E-state index in [-0.39, 0.29) is 5.71 Å². The first-order chi connectivity index (χ1) is 10.1. The van der Waals surface area contributed by atoms with Gasteiger partial charge < -0.3 is 4.74 Å². The van der Waals surface area contributed by atoms with E-state index in [0.29, 0.717) is 23.9 Å². The second kappa shape index (κ2) is 6.57. The third kappa shape index (κ3) is 2.99. The van der Waals surface area contributed by atoms with Crippen molar-refractivity contribution in [3.05, 3.63) is 29.3 Å². The van der Waals surface area contributed by atoms with Gasteiger partial charge in [-0.1, -0.05) is 11.6 Å². The van der Waals surface area contributed by atoms with E-state index in [4.69, 9.17) is 21.6 Å². The second-order valence-corrected chi connectivity index (χ2v) is 4.69. The summed E-state index contributed by atoms with van der Waals surface area (Å²) in [6.45, 7) is 4.48. The van der Waals surface area contributed by atoms with Crippen molar-refractivity contribution in [2.24, 2.45) is 5.10 Å². The van der Waals surface area contributed by atoms with Crippen molar-refractivity contribution in [1.29, 1.82) is 5.26 Å². The van der Waals surface area contributed by atoms with Crippen LogP contribution in [0.25, 0.3) is 0 Å². The van der Waals surface area contributed by atoms with E-state index in [0.717, 1.165) is 0 Å². The predicted molar refractivity (Wildman–Crippen MR) is 79.8 cm³/mol. The van der Waals surface area contributed by atoms with E-state index in [2.05, 4.69) is 5.10 Å². The number of ether oxygens (including phenoxy) is 1. The summed E-state index contributed by atoms with van der Waals surface area (Å²) < 4.78 is 5.63. The fraction of sp³-hybridized carbons (Fsp3) is 0.357. The minimum absolute atomic E-state index is 0.164. The second-order valence-electron chi connectivity index (χ2n) is 4.25. The Morgan fingerprint density at radius 3 is 2.57 bits per heavy atom. The molecule has 0 radical (unpaired) electrons. The van der Waals surface area contributed by atoms with E-state index in [1.807, 2.05) is 19.9 Å². The minimum Gasteiger partial charge on any atom is -0.339 e. The number of rotatable bonds is 4. The van der Waals surface area contributed by atoms with Crippen molar-refractivity contribution in [1.82, 2.24) is 4.90 Å². The number of hydrazone groups is 1. The molecule has 1 unspecified atom stereocenters. The lowest BCUT2D eigenvalue weighted by Crippen LogP contribution is -2.56. The van der Waals surface area contributed by atoms with Crippen molar-refractivity contribution in [3.63, 3.8) is 0 Å². The van der Waals surface area contributed by atoms with E-state index in [9.17, 15) is 4.79 Å². The van der Waals surface area contributed by atoms with Crippen molar-refractivity contribution < 1.29 is 9.53 Å². The zero-order valence-electron chi connectivity index (χ0n) is 11.8. The number of amides is 1. The first-order valence-corrected chi connectivity index (χ1v) is 6.96. The minimum atomic E-state index is -0.675. The first-order valence-electron chi connectivity index (χ1n) is 6.58. The lowest BCUT2D eigenvalue weighted by Gasteiger charge is -2.39. The van der Waals surface area contributed by atoms with Gasteiger partial charge in [0.15, 0.2) is 0 Å². The molecule has 0 bridgehead atoms. The molecule has 0 aliphatic carbocycles. The molecule has 1 aliphatic rings. The molecule has 2 rings (SSSR count). The molecule has 1 aromatic carbocycles. The Balaban J connectivity index is 2.47. The summed E-state index contributed by atoms with van der Waals surface area (Å²) in [5, 5.41) is 15.3. The molecule has 0 fully saturated rings. The number of benzene rings is 1. The van der Waals surface area contributed by atoms with Gasteiger partial charge in [-0.25, -0.2) is 5.01 Å². The number of hydrogen-bond donors (Lipinski definition) is 0. The van der Waals surface area contributed by atoms with Crippen molar-refractivity contribution >= 4 is 28.9 Å². The average Bonchev–Trinajstić information content (AvgIpc) is 2.49. The molecule has 0 N–H and O–H groups in total. The van der Waals surface area contributed by atoms with Gasteiger partial charge >= 0.3 is 0 Å². The van der Waals surface area contributed by atoms with Crippen LogP contribution in [0.3, 0.4) is 0 Å². The van der Waals surface area contributed by atoms with Gasteiger partial charge in [0.2, 0.25) is 12.1 Å². The van der Waals surface area contributed by atoms with Crippen LogP contribution < -0.4 is 5.01 Å². The van der Waals surface area contributed by atoms with E-state index >= 15 is 0 Å². The Labute approximate surface area is 128 Å². The fourth-order valence-electron chi connectivity index (χ4n) is 2.03. The lowest BCUT2D eigenvalue weighted by atomic mass is 10.2. The van der Waals surface area contributed by atoms with E-state index < -0.39 is 12.3 Å². The van der Waals surface area contributed by atoms with Crippen LogP contribution in [0.1, 0.15) is 13.8 Å². The fourth-order valence-corrected chi connectivity index (χ4v) is 2.15. The van der Waals surface area contributed by atoms with Crippen molar-refractivity contribution in [2.75, 3.05) is 18.2 Å². The average molecular weight is 307 g/mol. The molecule has 0 aromatic heterocycles. The molecule has 110 valence electrons. The van der Waals surface area contributed by atoms with E-state index in [1.54, 1.807) is 24.3 Å². The van der Waals surface area contributed by atoms with Crippen LogP contribution in [0.5, 0.6) is 0 Å². The highest BCUT2D eigenvalue weighted by molar-refractivity contribution is 6.45. The molecular formula is C14H15ClN4O2. The van der Waals surface area contributed by atoms with Gasteiger partial charge in [0.1, 0.15) is 6.07 Å². The maximum atomic E-state index is 12.1. The van der Waals surface area contributed by atoms with E-state index in [1.165, 1.54) is 9.91 Å². The van der Waals surface area contributed by atoms with Gasteiger partial charge in [-0.05, 0) is 38.1 Å². The van der Waals surface area contributed by atoms with Gasteiger partial charge in [0.25, 0.3) is 5.91 Å². The van der Waals surface area contributed by atoms with Crippen LogP contribution in [-0.4, -0.2) is 36.0 Å². The zero-order chi connectivity index (χ0) is 15.4. The summed E-state index contributed by atoms with van der Waals surface area (Å²) in [6.07, 6.45) is -0.675. The van der Waals surface area contributed by atoms with Crippen LogP contribution in [0.2, 0.25) is 5.02 Å². The molecule has 1 aromatic rings. The smallest absolute Gasteiger partial charge is 0.288 e. The van der Waals surface area contributed by atoms with Gasteiger partial charge in [0, 0.05) is 18.2 Å². The van der Waals surface area contributed by atoms with Crippen LogP contribution in [0.15, 0.2) is 29.4 Å². The van der Waals surface area contributed by atoms with Crippen molar-refractivity contribution in [2.45, 2.75) is 20.2 Å². The summed E-state index contributed by atoms with van der Waals surface area (Å²) in [5.41, 5.74) is 0.527. The van der Waals surface area contributed by atoms with Crippen LogP contribution in [-0.2, 0) is 9.53 Å². The largest absolute Gasteiger partial charge is 0.339 e. The van der Waals surface area contributed by atoms with Gasteiger partial charge in [-0.15, -0.1) is 0 Å². The highest BCUT2D eigenvalue weighted by Gasteiger charge is 2.36. The molecule has 7 heteroatoms. The third-order valence-corrected chi connectivity index (χ3v) is 3.25. The first kappa shape index (κ1) is 15.3. The van der Waals surface area contributed by atoms with Crippen LogP contribution in [0.4, 0.5) is 5.69 Å². The monoisotopic (exact) mass is 306 g/mol. The van der Waals surface area contributed by atoms with Gasteiger partial charge in [0.05, 0.1) is 5.69 Å². The Hall–Kier alpha value is -2.10. The SMILES string of the molecule is CCOC1N(CC)C(=O)C(C#N)=NN1c1ccc(Cl)cc1. The topological polar surface area (TPSA) is 68.9 Å². The molecule has 21 heavy (non-hydrogen) atoms. The number of halogens is 1. The zero-order valence-corrected chi connectivity index (χ0v) is 12.5. The van der Waals surface area contributed by atoms with Crippen molar-refractivity contribution in [3.8, 4) is 6.07 Å². The normalized spacial score (nSPS) is 18.5. The molecular weight excluding hydrogens is 292 g/mol. The maximum Gasteiger partial charge on any atom is 0.288 e. The summed E-state index contributed by atoms with van der Waals surface area (Å²) in [4.78, 5) is 13.6. The molecule has 0 saturated carbocycles. The summed E-state index contributed by atoms with van der Waals surface area (Å²) >= 11 is 5.88. The highest BCUT2D eigenvalue weighted by Crippen LogP contribution is 2.25. The number of carbonyl (C=O) groups excluding carboxylic acids is 1. The van der Waals surface area contributed by atoms with Gasteiger partial charge in [-0.3, -0.25) is 9.69 Å². The molecule has 6 nitrogen and oxygen atoms in total. The van der Waals surface area contributed by atoms with Crippen LogP contribution in [0, 0.1) is 11.3 Å². The molecule has 1 atom stereocenters. The molecule has 0 spiro atoms. The maximum absolute atomic E-state index is 12.1. The Morgan fingerprint density at radius 2 is 2.05 bits per heavy atom. The number of hydrogen-bond acceptors (Lipinski definition) is 5. The van der Waals surface area contributed by atoms with Crippen LogP contribution >= 0.6 is 11.6 Å². The quantitative estimate of drug-likeness (QED) is 0.855. The summed E-state index contributed by atoms with van der Waals surface area (Å²) in [5.74, 6) is -0.427. The number of anilines is 1. The summed E-state index contributed by atoms with van der Waals surface area (Å²) in [6, 6.07) is 8.78. The number of carbonyl (C=O) groups is 1. The predicted octanol–water partition coefficient (Wildman–Crippen LogP) is 2.21. The highest BCUT2D eigenvalue weighted by atomic mass is 35.5. The molecule has 1 heterocycles. The molecule has 0 saturated heterocycles. The van der Waals surface area contributed by atoms with Gasteiger partial charge in [-0.2, -0.15) is 10.4 Å². The Morgan fingerprint density at radius 1 is 1.38 bits per heavy atom. The standard InChI is InChI=1S/C14H15ClN4O2/c1-3-18-13(20)12(9-16)17-19(14(18)21-4-2)11-7-5-10(15)6-8-11/h5-8,14H,3-4H2,1-2H3. The third-order valence-electron chi connectivity index (χ3n) is 3.00. The molecule has 1 aliphatic heterocycles. The summed E-state index contributed by atoms with van der Waals surface area (Å²) in [7, 11) is 0. The number of nitrogens with zero attached hydrogens (tertiary/aromatic N) is 4. The Kier molecular flexibility index (Phi) is 4.78. The Bertz CT molecular complexity index is 594.